The highest BCUT2D eigenvalue weighted by molar-refractivity contribution is 5.76. The maximum absolute atomic E-state index is 11.3. The van der Waals surface area contributed by atoms with Crippen molar-refractivity contribution in [2.24, 2.45) is 5.92 Å². The van der Waals surface area contributed by atoms with E-state index in [4.69, 9.17) is 9.57 Å². The number of carbonyl (C=O) groups is 1. The second-order valence-corrected chi connectivity index (χ2v) is 4.34. The van der Waals surface area contributed by atoms with Gasteiger partial charge in [0.1, 0.15) is 5.75 Å². The zero-order valence-corrected chi connectivity index (χ0v) is 10.5. The van der Waals surface area contributed by atoms with E-state index in [1.54, 1.807) is 0 Å². The van der Waals surface area contributed by atoms with Crippen molar-refractivity contribution in [3.05, 3.63) is 29.8 Å². The Morgan fingerprint density at radius 2 is 2.18 bits per heavy atom. The van der Waals surface area contributed by atoms with Gasteiger partial charge in [-0.3, -0.25) is 9.63 Å². The summed E-state index contributed by atoms with van der Waals surface area (Å²) >= 11 is 0. The summed E-state index contributed by atoms with van der Waals surface area (Å²) in [6.07, 6.45) is 0. The number of hydroxylamine groups is 1. The number of hydrogen-bond donors (Lipinski definition) is 1. The van der Waals surface area contributed by atoms with Gasteiger partial charge in [-0.25, -0.2) is 5.48 Å². The number of benzene rings is 1. The minimum Gasteiger partial charge on any atom is -0.484 e. The van der Waals surface area contributed by atoms with Crippen LogP contribution in [0.2, 0.25) is 0 Å². The van der Waals surface area contributed by atoms with Crippen LogP contribution in [-0.2, 0) is 9.63 Å². The molecule has 0 aromatic heterocycles. The molecule has 0 saturated heterocycles. The van der Waals surface area contributed by atoms with Gasteiger partial charge in [-0.15, -0.1) is 0 Å². The molecule has 17 heavy (non-hydrogen) atoms. The summed E-state index contributed by atoms with van der Waals surface area (Å²) in [5, 5.41) is 0. The average Bonchev–Trinajstić information content (AvgIpc) is 2.26. The second kappa shape index (κ2) is 6.91. The summed E-state index contributed by atoms with van der Waals surface area (Å²) in [6, 6.07) is 7.55. The van der Waals surface area contributed by atoms with Crippen LogP contribution in [0.3, 0.4) is 0 Å². The molecule has 0 radical (unpaired) electrons. The topological polar surface area (TPSA) is 47.6 Å². The Labute approximate surface area is 102 Å². The first-order chi connectivity index (χ1) is 8.08. The SMILES string of the molecule is Cc1cccc(OCC(=O)NOCC(C)C)c1. The number of hydrogen-bond acceptors (Lipinski definition) is 3. The Morgan fingerprint density at radius 1 is 1.41 bits per heavy atom. The molecule has 4 heteroatoms. The molecular weight excluding hydrogens is 218 g/mol. The van der Waals surface area contributed by atoms with Crippen LogP contribution in [0, 0.1) is 12.8 Å². The van der Waals surface area contributed by atoms with Crippen LogP contribution in [0.4, 0.5) is 0 Å². The summed E-state index contributed by atoms with van der Waals surface area (Å²) in [7, 11) is 0. The van der Waals surface area contributed by atoms with Gasteiger partial charge in [-0.1, -0.05) is 26.0 Å². The Kier molecular flexibility index (Phi) is 5.49. The van der Waals surface area contributed by atoms with Crippen molar-refractivity contribution >= 4 is 5.91 Å². The second-order valence-electron chi connectivity index (χ2n) is 4.34. The van der Waals surface area contributed by atoms with E-state index in [1.807, 2.05) is 45.0 Å². The molecule has 0 atom stereocenters. The first-order valence-corrected chi connectivity index (χ1v) is 5.68. The van der Waals surface area contributed by atoms with Gasteiger partial charge < -0.3 is 4.74 Å². The Hall–Kier alpha value is -1.55. The number of carbonyl (C=O) groups excluding carboxylic acids is 1. The van der Waals surface area contributed by atoms with E-state index in [-0.39, 0.29) is 12.5 Å². The molecule has 1 aromatic rings. The summed E-state index contributed by atoms with van der Waals surface area (Å²) in [4.78, 5) is 16.3. The van der Waals surface area contributed by atoms with Crippen molar-refractivity contribution in [1.82, 2.24) is 5.48 Å². The minimum atomic E-state index is -0.285. The molecule has 1 N–H and O–H groups in total. The fourth-order valence-corrected chi connectivity index (χ4v) is 1.17. The van der Waals surface area contributed by atoms with Crippen LogP contribution >= 0.6 is 0 Å². The number of amides is 1. The van der Waals surface area contributed by atoms with Crippen molar-refractivity contribution in [2.45, 2.75) is 20.8 Å². The summed E-state index contributed by atoms with van der Waals surface area (Å²) in [5.41, 5.74) is 3.43. The molecule has 1 rings (SSSR count). The molecule has 0 heterocycles. The van der Waals surface area contributed by atoms with E-state index in [1.165, 1.54) is 0 Å². The highest BCUT2D eigenvalue weighted by atomic mass is 16.7. The fraction of sp³-hybridized carbons (Fsp3) is 0.462. The third-order valence-corrected chi connectivity index (χ3v) is 1.96. The molecule has 0 bridgehead atoms. The monoisotopic (exact) mass is 237 g/mol. The zero-order valence-electron chi connectivity index (χ0n) is 10.5. The molecule has 0 aliphatic rings. The standard InChI is InChI=1S/C13H19NO3/c1-10(2)8-17-14-13(15)9-16-12-6-4-5-11(3)7-12/h4-7,10H,8-9H2,1-3H3,(H,14,15). The molecule has 1 aromatic carbocycles. The normalized spacial score (nSPS) is 10.4. The zero-order chi connectivity index (χ0) is 12.7. The molecule has 0 spiro atoms. The lowest BCUT2D eigenvalue weighted by Crippen LogP contribution is -2.30. The molecular formula is C13H19NO3. The molecule has 0 aliphatic carbocycles. The molecule has 4 nitrogen and oxygen atoms in total. The van der Waals surface area contributed by atoms with E-state index >= 15 is 0 Å². The van der Waals surface area contributed by atoms with Crippen LogP contribution < -0.4 is 10.2 Å². The highest BCUT2D eigenvalue weighted by Crippen LogP contribution is 2.11. The predicted octanol–water partition coefficient (Wildman–Crippen LogP) is 2.08. The predicted molar refractivity (Wildman–Crippen MR) is 65.6 cm³/mol. The van der Waals surface area contributed by atoms with E-state index in [9.17, 15) is 4.79 Å². The van der Waals surface area contributed by atoms with Crippen LogP contribution in [0.15, 0.2) is 24.3 Å². The quantitative estimate of drug-likeness (QED) is 0.770. The molecule has 0 aliphatic heterocycles. The van der Waals surface area contributed by atoms with Gasteiger partial charge in [0.2, 0.25) is 0 Å². The van der Waals surface area contributed by atoms with Crippen molar-refractivity contribution in [3.8, 4) is 5.75 Å². The molecule has 94 valence electrons. The lowest BCUT2D eigenvalue weighted by molar-refractivity contribution is -0.136. The van der Waals surface area contributed by atoms with Gasteiger partial charge in [0.05, 0.1) is 6.61 Å². The van der Waals surface area contributed by atoms with E-state index < -0.39 is 0 Å². The summed E-state index contributed by atoms with van der Waals surface area (Å²) in [5.74, 6) is 0.782. The van der Waals surface area contributed by atoms with Gasteiger partial charge in [0.15, 0.2) is 6.61 Å². The van der Waals surface area contributed by atoms with Gasteiger partial charge in [0, 0.05) is 0 Å². The molecule has 0 fully saturated rings. The number of nitrogens with one attached hydrogen (secondary N) is 1. The Morgan fingerprint density at radius 3 is 2.82 bits per heavy atom. The first-order valence-electron chi connectivity index (χ1n) is 5.68. The third-order valence-electron chi connectivity index (χ3n) is 1.96. The van der Waals surface area contributed by atoms with Crippen LogP contribution in [-0.4, -0.2) is 19.1 Å². The van der Waals surface area contributed by atoms with Crippen molar-refractivity contribution in [2.75, 3.05) is 13.2 Å². The van der Waals surface area contributed by atoms with Crippen molar-refractivity contribution < 1.29 is 14.4 Å². The fourth-order valence-electron chi connectivity index (χ4n) is 1.17. The highest BCUT2D eigenvalue weighted by Gasteiger charge is 2.03. The largest absolute Gasteiger partial charge is 0.484 e. The van der Waals surface area contributed by atoms with Crippen LogP contribution in [0.5, 0.6) is 5.75 Å². The molecule has 0 saturated carbocycles. The van der Waals surface area contributed by atoms with Crippen LogP contribution in [0.1, 0.15) is 19.4 Å². The molecule has 0 unspecified atom stereocenters. The van der Waals surface area contributed by atoms with Gasteiger partial charge in [-0.2, -0.15) is 0 Å². The Balaban J connectivity index is 2.24. The smallest absolute Gasteiger partial charge is 0.281 e. The third kappa shape index (κ3) is 5.92. The van der Waals surface area contributed by atoms with Gasteiger partial charge in [-0.05, 0) is 30.5 Å². The maximum atomic E-state index is 11.3. The van der Waals surface area contributed by atoms with E-state index in [0.717, 1.165) is 5.56 Å². The minimum absolute atomic E-state index is 0.0401. The number of aryl methyl sites for hydroxylation is 1. The Bertz CT molecular complexity index is 363. The average molecular weight is 237 g/mol. The number of ether oxygens (including phenoxy) is 1. The van der Waals surface area contributed by atoms with Gasteiger partial charge >= 0.3 is 0 Å². The number of rotatable bonds is 6. The van der Waals surface area contributed by atoms with Crippen LogP contribution in [0.25, 0.3) is 0 Å². The lowest BCUT2D eigenvalue weighted by Gasteiger charge is -2.09. The first kappa shape index (κ1) is 13.5. The molecule has 1 amide bonds. The lowest BCUT2D eigenvalue weighted by atomic mass is 10.2. The van der Waals surface area contributed by atoms with E-state index in [0.29, 0.717) is 18.3 Å². The summed E-state index contributed by atoms with van der Waals surface area (Å²) in [6.45, 7) is 6.45. The summed E-state index contributed by atoms with van der Waals surface area (Å²) < 4.78 is 5.31. The maximum Gasteiger partial charge on any atom is 0.281 e. The van der Waals surface area contributed by atoms with Gasteiger partial charge in [0.25, 0.3) is 5.91 Å². The van der Waals surface area contributed by atoms with Crippen molar-refractivity contribution in [3.63, 3.8) is 0 Å². The van der Waals surface area contributed by atoms with E-state index in [2.05, 4.69) is 5.48 Å². The van der Waals surface area contributed by atoms with Crippen molar-refractivity contribution in [1.29, 1.82) is 0 Å².